The van der Waals surface area contributed by atoms with Gasteiger partial charge in [0.25, 0.3) is 5.91 Å². The highest BCUT2D eigenvalue weighted by atomic mass is 16.2. The smallest absolute Gasteiger partial charge is 0.315 e. The molecular weight excluding hydrogens is 346 g/mol. The fourth-order valence-electron chi connectivity index (χ4n) is 3.18. The molecule has 1 unspecified atom stereocenters. The van der Waals surface area contributed by atoms with Crippen LogP contribution in [-0.4, -0.2) is 57.6 Å². The van der Waals surface area contributed by atoms with Crippen LogP contribution in [0.2, 0.25) is 0 Å². The van der Waals surface area contributed by atoms with E-state index in [2.05, 4.69) is 16.5 Å². The highest BCUT2D eigenvalue weighted by molar-refractivity contribution is 6.06. The van der Waals surface area contributed by atoms with Gasteiger partial charge in [-0.25, -0.2) is 9.48 Å². The minimum absolute atomic E-state index is 0.0967. The number of urea groups is 1. The second kappa shape index (κ2) is 7.22. The summed E-state index contributed by atoms with van der Waals surface area (Å²) >= 11 is 0. The second-order valence-corrected chi connectivity index (χ2v) is 6.88. The summed E-state index contributed by atoms with van der Waals surface area (Å²) in [6, 6.07) is 6.89. The molecule has 27 heavy (non-hydrogen) atoms. The largest absolute Gasteiger partial charge is 0.326 e. The van der Waals surface area contributed by atoms with Crippen molar-refractivity contribution in [3.8, 4) is 0 Å². The van der Waals surface area contributed by atoms with Gasteiger partial charge in [0.2, 0.25) is 5.91 Å². The van der Waals surface area contributed by atoms with Gasteiger partial charge in [-0.05, 0) is 19.4 Å². The zero-order valence-electron chi connectivity index (χ0n) is 15.9. The number of aromatic nitrogens is 2. The summed E-state index contributed by atoms with van der Waals surface area (Å²) < 4.78 is 1.72. The van der Waals surface area contributed by atoms with Crippen LogP contribution in [0.5, 0.6) is 0 Å². The van der Waals surface area contributed by atoms with E-state index in [0.717, 1.165) is 21.6 Å². The standard InChI is InChI=1S/C19H23N5O3/c1-12-6-5-7-14(8-12)11-24-17(13(2)10-20-24)21-16(25)9-15-18(26)23(4)19(27)22(15)3/h5-8,10,15H,9,11H2,1-4H3,(H,21,25). The Morgan fingerprint density at radius 1 is 1.22 bits per heavy atom. The monoisotopic (exact) mass is 369 g/mol. The molecule has 0 radical (unpaired) electrons. The number of rotatable bonds is 5. The number of nitrogens with one attached hydrogen (secondary N) is 1. The number of amides is 4. The molecule has 0 aliphatic carbocycles. The maximum Gasteiger partial charge on any atom is 0.326 e. The number of benzene rings is 1. The number of carbonyl (C=O) groups excluding carboxylic acids is 3. The van der Waals surface area contributed by atoms with Gasteiger partial charge in [-0.3, -0.25) is 14.5 Å². The van der Waals surface area contributed by atoms with Crippen molar-refractivity contribution < 1.29 is 14.4 Å². The van der Waals surface area contributed by atoms with Gasteiger partial charge >= 0.3 is 6.03 Å². The fourth-order valence-corrected chi connectivity index (χ4v) is 3.18. The first-order valence-electron chi connectivity index (χ1n) is 8.70. The Morgan fingerprint density at radius 2 is 1.96 bits per heavy atom. The Hall–Kier alpha value is -3.16. The molecule has 8 heteroatoms. The molecule has 4 amide bonds. The molecule has 1 fully saturated rings. The van der Waals surface area contributed by atoms with E-state index in [0.29, 0.717) is 12.4 Å². The lowest BCUT2D eigenvalue weighted by Gasteiger charge is -2.16. The van der Waals surface area contributed by atoms with Gasteiger partial charge in [0.1, 0.15) is 11.9 Å². The summed E-state index contributed by atoms with van der Waals surface area (Å²) in [7, 11) is 2.94. The van der Waals surface area contributed by atoms with Gasteiger partial charge in [0.05, 0.1) is 19.2 Å². The highest BCUT2D eigenvalue weighted by Crippen LogP contribution is 2.20. The van der Waals surface area contributed by atoms with E-state index in [1.54, 1.807) is 10.9 Å². The molecule has 3 rings (SSSR count). The Morgan fingerprint density at radius 3 is 2.59 bits per heavy atom. The molecule has 142 valence electrons. The maximum atomic E-state index is 12.5. The third-order valence-electron chi connectivity index (χ3n) is 4.75. The van der Waals surface area contributed by atoms with E-state index in [1.165, 1.54) is 19.0 Å². The number of anilines is 1. The van der Waals surface area contributed by atoms with Crippen molar-refractivity contribution in [2.24, 2.45) is 0 Å². The van der Waals surface area contributed by atoms with Crippen LogP contribution in [0.25, 0.3) is 0 Å². The van der Waals surface area contributed by atoms with Crippen molar-refractivity contribution in [3.05, 3.63) is 47.2 Å². The number of likely N-dealkylation sites (N-methyl/N-ethyl adjacent to an activating group) is 2. The number of nitrogens with zero attached hydrogens (tertiary/aromatic N) is 4. The van der Waals surface area contributed by atoms with Gasteiger partial charge in [-0.15, -0.1) is 0 Å². The van der Waals surface area contributed by atoms with Crippen molar-refractivity contribution in [3.63, 3.8) is 0 Å². The number of carbonyl (C=O) groups is 3. The van der Waals surface area contributed by atoms with Crippen LogP contribution in [-0.2, 0) is 16.1 Å². The normalized spacial score (nSPS) is 17.0. The van der Waals surface area contributed by atoms with Crippen molar-refractivity contribution in [2.75, 3.05) is 19.4 Å². The van der Waals surface area contributed by atoms with Gasteiger partial charge < -0.3 is 10.2 Å². The van der Waals surface area contributed by atoms with E-state index in [4.69, 9.17) is 0 Å². The molecule has 1 aromatic heterocycles. The van der Waals surface area contributed by atoms with Gasteiger partial charge in [-0.2, -0.15) is 5.10 Å². The molecule has 0 bridgehead atoms. The minimum atomic E-state index is -0.782. The molecule has 1 saturated heterocycles. The summed E-state index contributed by atoms with van der Waals surface area (Å²) in [5, 5.41) is 7.19. The Kier molecular flexibility index (Phi) is 4.98. The van der Waals surface area contributed by atoms with Crippen molar-refractivity contribution >= 4 is 23.7 Å². The Bertz CT molecular complexity index is 905. The van der Waals surface area contributed by atoms with E-state index in [1.807, 2.05) is 32.0 Å². The van der Waals surface area contributed by atoms with Crippen LogP contribution in [0.4, 0.5) is 10.6 Å². The first-order valence-corrected chi connectivity index (χ1v) is 8.70. The van der Waals surface area contributed by atoms with Crippen LogP contribution in [0.15, 0.2) is 30.5 Å². The molecule has 2 heterocycles. The second-order valence-electron chi connectivity index (χ2n) is 6.88. The van der Waals surface area contributed by atoms with Crippen LogP contribution >= 0.6 is 0 Å². The molecule has 1 aromatic carbocycles. The van der Waals surface area contributed by atoms with Crippen LogP contribution < -0.4 is 5.32 Å². The third kappa shape index (κ3) is 3.69. The molecule has 0 spiro atoms. The van der Waals surface area contributed by atoms with E-state index < -0.39 is 12.1 Å². The van der Waals surface area contributed by atoms with Crippen LogP contribution in [0.3, 0.4) is 0 Å². The Labute approximate surface area is 157 Å². The lowest BCUT2D eigenvalue weighted by atomic mass is 10.1. The van der Waals surface area contributed by atoms with Gasteiger partial charge in [-0.1, -0.05) is 29.8 Å². The zero-order valence-corrected chi connectivity index (χ0v) is 15.9. The highest BCUT2D eigenvalue weighted by Gasteiger charge is 2.41. The van der Waals surface area contributed by atoms with Crippen molar-refractivity contribution in [1.82, 2.24) is 19.6 Å². The fraction of sp³-hybridized carbons (Fsp3) is 0.368. The number of hydrogen-bond donors (Lipinski definition) is 1. The molecule has 0 saturated carbocycles. The molecular formula is C19H23N5O3. The average molecular weight is 369 g/mol. The van der Waals surface area contributed by atoms with Crippen molar-refractivity contribution in [1.29, 1.82) is 0 Å². The SMILES string of the molecule is Cc1cccc(Cn2ncc(C)c2NC(=O)CC2C(=O)N(C)C(=O)N2C)c1. The van der Waals surface area contributed by atoms with Crippen molar-refractivity contribution in [2.45, 2.75) is 32.9 Å². The van der Waals surface area contributed by atoms with E-state index >= 15 is 0 Å². The lowest BCUT2D eigenvalue weighted by Crippen LogP contribution is -2.35. The van der Waals surface area contributed by atoms with Gasteiger partial charge in [0, 0.05) is 19.7 Å². The zero-order chi connectivity index (χ0) is 19.7. The van der Waals surface area contributed by atoms with Crippen LogP contribution in [0.1, 0.15) is 23.1 Å². The molecule has 2 aromatic rings. The minimum Gasteiger partial charge on any atom is -0.315 e. The number of hydrogen-bond acceptors (Lipinski definition) is 4. The molecule has 1 atom stereocenters. The van der Waals surface area contributed by atoms with E-state index in [9.17, 15) is 14.4 Å². The number of imide groups is 1. The summed E-state index contributed by atoms with van der Waals surface area (Å²) in [6.45, 7) is 4.40. The molecule has 1 aliphatic rings. The molecule has 1 aliphatic heterocycles. The van der Waals surface area contributed by atoms with E-state index in [-0.39, 0.29) is 18.2 Å². The Balaban J connectivity index is 1.72. The van der Waals surface area contributed by atoms with Gasteiger partial charge in [0.15, 0.2) is 0 Å². The third-order valence-corrected chi connectivity index (χ3v) is 4.75. The average Bonchev–Trinajstić information content (AvgIpc) is 3.04. The lowest BCUT2D eigenvalue weighted by molar-refractivity contribution is -0.129. The molecule has 8 nitrogen and oxygen atoms in total. The predicted octanol–water partition coefficient (Wildman–Crippen LogP) is 1.77. The summed E-state index contributed by atoms with van der Waals surface area (Å²) in [5.74, 6) is -0.116. The van der Waals surface area contributed by atoms with Crippen LogP contribution in [0, 0.1) is 13.8 Å². The first kappa shape index (κ1) is 18.6. The maximum absolute atomic E-state index is 12.5. The summed E-state index contributed by atoms with van der Waals surface area (Å²) in [6.07, 6.45) is 1.59. The summed E-state index contributed by atoms with van der Waals surface area (Å²) in [5.41, 5.74) is 3.06. The predicted molar refractivity (Wildman–Crippen MR) is 100 cm³/mol. The summed E-state index contributed by atoms with van der Waals surface area (Å²) in [4.78, 5) is 38.8. The molecule has 1 N–H and O–H groups in total. The first-order chi connectivity index (χ1) is 12.8. The topological polar surface area (TPSA) is 87.5 Å². The quantitative estimate of drug-likeness (QED) is 0.814. The number of aryl methyl sites for hydroxylation is 2.